The molecule has 2 unspecified atom stereocenters. The molecule has 0 saturated carbocycles. The van der Waals surface area contributed by atoms with Gasteiger partial charge in [-0.25, -0.2) is 0 Å². The van der Waals surface area contributed by atoms with E-state index in [1.54, 1.807) is 11.1 Å². The lowest BCUT2D eigenvalue weighted by atomic mass is 9.97. The van der Waals surface area contributed by atoms with Crippen molar-refractivity contribution in [2.75, 3.05) is 33.3 Å². The lowest BCUT2D eigenvalue weighted by Crippen LogP contribution is -2.52. The van der Waals surface area contributed by atoms with Gasteiger partial charge in [0.05, 0.1) is 12.7 Å². The molecule has 0 bridgehead atoms. The van der Waals surface area contributed by atoms with Crippen molar-refractivity contribution in [2.24, 2.45) is 0 Å². The first-order valence-electron chi connectivity index (χ1n) is 8.42. The van der Waals surface area contributed by atoms with Crippen LogP contribution in [0.25, 0.3) is 0 Å². The second-order valence-corrected chi connectivity index (χ2v) is 6.36. The van der Waals surface area contributed by atoms with Crippen molar-refractivity contribution in [3.8, 4) is 0 Å². The Hall–Kier alpha value is -0.900. The fourth-order valence-corrected chi connectivity index (χ4v) is 3.69. The van der Waals surface area contributed by atoms with E-state index in [-0.39, 0.29) is 0 Å². The van der Waals surface area contributed by atoms with Crippen LogP contribution >= 0.6 is 0 Å². The Morgan fingerprint density at radius 2 is 2.19 bits per heavy atom. The van der Waals surface area contributed by atoms with Crippen LogP contribution in [-0.2, 0) is 24.0 Å². The van der Waals surface area contributed by atoms with E-state index in [1.807, 2.05) is 0 Å². The largest absolute Gasteiger partial charge is 0.374 e. The van der Waals surface area contributed by atoms with Crippen LogP contribution in [0.3, 0.4) is 0 Å². The summed E-state index contributed by atoms with van der Waals surface area (Å²) < 4.78 is 6.02. The van der Waals surface area contributed by atoms with E-state index < -0.39 is 0 Å². The molecule has 1 heterocycles. The van der Waals surface area contributed by atoms with Gasteiger partial charge in [0.2, 0.25) is 0 Å². The molecule has 3 nitrogen and oxygen atoms in total. The van der Waals surface area contributed by atoms with E-state index >= 15 is 0 Å². The van der Waals surface area contributed by atoms with Crippen LogP contribution in [0, 0.1) is 0 Å². The first-order chi connectivity index (χ1) is 10.3. The van der Waals surface area contributed by atoms with E-state index in [9.17, 15) is 0 Å². The Kier molecular flexibility index (Phi) is 4.94. The summed E-state index contributed by atoms with van der Waals surface area (Å²) in [5.41, 5.74) is 4.58. The van der Waals surface area contributed by atoms with Crippen LogP contribution < -0.4 is 5.32 Å². The summed E-state index contributed by atoms with van der Waals surface area (Å²) in [5, 5.41) is 3.48. The Bertz CT molecular complexity index is 474. The lowest BCUT2D eigenvalue weighted by molar-refractivity contribution is -0.0436. The Morgan fingerprint density at radius 1 is 1.33 bits per heavy atom. The normalized spacial score (nSPS) is 24.0. The molecular formula is C18H28N2O. The Balaban J connectivity index is 1.66. The average Bonchev–Trinajstić information content (AvgIpc) is 3.00. The summed E-state index contributed by atoms with van der Waals surface area (Å²) in [6, 6.07) is 7.48. The summed E-state index contributed by atoms with van der Waals surface area (Å²) in [6.45, 7) is 6.34. The van der Waals surface area contributed by atoms with E-state index in [0.29, 0.717) is 12.1 Å². The van der Waals surface area contributed by atoms with Crippen molar-refractivity contribution >= 4 is 0 Å². The summed E-state index contributed by atoms with van der Waals surface area (Å²) >= 11 is 0. The van der Waals surface area contributed by atoms with Crippen molar-refractivity contribution in [3.05, 3.63) is 34.9 Å². The molecule has 1 fully saturated rings. The number of morpholine rings is 1. The smallest absolute Gasteiger partial charge is 0.0858 e. The van der Waals surface area contributed by atoms with Gasteiger partial charge < -0.3 is 10.1 Å². The monoisotopic (exact) mass is 288 g/mol. The van der Waals surface area contributed by atoms with Crippen LogP contribution in [0.4, 0.5) is 0 Å². The molecule has 21 heavy (non-hydrogen) atoms. The molecule has 1 saturated heterocycles. The van der Waals surface area contributed by atoms with Gasteiger partial charge in [0.1, 0.15) is 0 Å². The van der Waals surface area contributed by atoms with Crippen LogP contribution in [0.1, 0.15) is 30.0 Å². The summed E-state index contributed by atoms with van der Waals surface area (Å²) in [6.07, 6.45) is 5.22. The van der Waals surface area contributed by atoms with Crippen LogP contribution in [0.15, 0.2) is 18.2 Å². The average molecular weight is 288 g/mol. The number of nitrogens with zero attached hydrogens (tertiary/aromatic N) is 1. The number of hydrogen-bond donors (Lipinski definition) is 1. The number of hydrogen-bond acceptors (Lipinski definition) is 3. The van der Waals surface area contributed by atoms with E-state index in [2.05, 4.69) is 42.4 Å². The van der Waals surface area contributed by atoms with Crippen molar-refractivity contribution in [3.63, 3.8) is 0 Å². The minimum absolute atomic E-state index is 0.303. The van der Waals surface area contributed by atoms with Gasteiger partial charge in [-0.05, 0) is 56.0 Å². The summed E-state index contributed by atoms with van der Waals surface area (Å²) in [4.78, 5) is 2.49. The van der Waals surface area contributed by atoms with Crippen LogP contribution in [0.2, 0.25) is 0 Å². The molecule has 2 aliphatic rings. The highest BCUT2D eigenvalue weighted by Gasteiger charge is 2.27. The maximum Gasteiger partial charge on any atom is 0.0858 e. The zero-order chi connectivity index (χ0) is 14.7. The van der Waals surface area contributed by atoms with E-state index in [0.717, 1.165) is 32.7 Å². The topological polar surface area (TPSA) is 24.5 Å². The SMILES string of the molecule is CCN1CCOC(C(Cc2ccc3c(c2)CCC3)NC)C1. The molecule has 0 spiro atoms. The minimum Gasteiger partial charge on any atom is -0.374 e. The number of likely N-dealkylation sites (N-methyl/N-ethyl adjacent to an activating group) is 2. The zero-order valence-corrected chi connectivity index (χ0v) is 13.4. The van der Waals surface area contributed by atoms with E-state index in [1.165, 1.54) is 24.8 Å². The molecule has 0 radical (unpaired) electrons. The third-order valence-electron chi connectivity index (χ3n) is 5.06. The fourth-order valence-electron chi connectivity index (χ4n) is 3.69. The predicted molar refractivity (Wildman–Crippen MR) is 86.9 cm³/mol. The van der Waals surface area contributed by atoms with Crippen molar-refractivity contribution < 1.29 is 4.74 Å². The number of benzene rings is 1. The third kappa shape index (κ3) is 3.47. The first kappa shape index (κ1) is 15.0. The second kappa shape index (κ2) is 6.91. The van der Waals surface area contributed by atoms with Gasteiger partial charge in [-0.2, -0.15) is 0 Å². The first-order valence-corrected chi connectivity index (χ1v) is 8.42. The summed E-state index contributed by atoms with van der Waals surface area (Å²) in [5.74, 6) is 0. The molecule has 1 aliphatic carbocycles. The summed E-state index contributed by atoms with van der Waals surface area (Å²) in [7, 11) is 2.06. The predicted octanol–water partition coefficient (Wildman–Crippen LogP) is 2.03. The van der Waals surface area contributed by atoms with E-state index in [4.69, 9.17) is 4.74 Å². The molecule has 0 amide bonds. The maximum absolute atomic E-state index is 6.02. The lowest BCUT2D eigenvalue weighted by Gasteiger charge is -2.36. The van der Waals surface area contributed by atoms with Crippen LogP contribution in [-0.4, -0.2) is 50.3 Å². The van der Waals surface area contributed by atoms with Gasteiger partial charge in [-0.15, -0.1) is 0 Å². The number of nitrogens with one attached hydrogen (secondary N) is 1. The van der Waals surface area contributed by atoms with Crippen molar-refractivity contribution in [2.45, 2.75) is 44.8 Å². The second-order valence-electron chi connectivity index (χ2n) is 6.36. The third-order valence-corrected chi connectivity index (χ3v) is 5.06. The molecule has 116 valence electrons. The quantitative estimate of drug-likeness (QED) is 0.897. The van der Waals surface area contributed by atoms with Crippen molar-refractivity contribution in [1.82, 2.24) is 10.2 Å². The number of rotatable bonds is 5. The Morgan fingerprint density at radius 3 is 3.00 bits per heavy atom. The molecular weight excluding hydrogens is 260 g/mol. The van der Waals surface area contributed by atoms with Crippen molar-refractivity contribution in [1.29, 1.82) is 0 Å². The Labute approximate surface area is 128 Å². The highest BCUT2D eigenvalue weighted by Crippen LogP contribution is 2.24. The zero-order valence-electron chi connectivity index (χ0n) is 13.4. The molecule has 1 aliphatic heterocycles. The molecule has 3 rings (SSSR count). The van der Waals surface area contributed by atoms with Gasteiger partial charge in [-0.3, -0.25) is 4.90 Å². The number of aryl methyl sites for hydroxylation is 2. The highest BCUT2D eigenvalue weighted by atomic mass is 16.5. The molecule has 1 N–H and O–H groups in total. The van der Waals surface area contributed by atoms with Gasteiger partial charge in [0.25, 0.3) is 0 Å². The molecule has 1 aromatic carbocycles. The van der Waals surface area contributed by atoms with Gasteiger partial charge in [0, 0.05) is 19.1 Å². The highest BCUT2D eigenvalue weighted by molar-refractivity contribution is 5.35. The molecule has 0 aromatic heterocycles. The number of fused-ring (bicyclic) bond motifs is 1. The van der Waals surface area contributed by atoms with Gasteiger partial charge >= 0.3 is 0 Å². The maximum atomic E-state index is 6.02. The molecule has 3 heteroatoms. The molecule has 1 aromatic rings. The molecule has 2 atom stereocenters. The minimum atomic E-state index is 0.303. The number of ether oxygens (including phenoxy) is 1. The van der Waals surface area contributed by atoms with Gasteiger partial charge in [0.15, 0.2) is 0 Å². The van der Waals surface area contributed by atoms with Gasteiger partial charge in [-0.1, -0.05) is 25.1 Å². The van der Waals surface area contributed by atoms with Crippen LogP contribution in [0.5, 0.6) is 0 Å². The fraction of sp³-hybridized carbons (Fsp3) is 0.667. The standard InChI is InChI=1S/C18H28N2O/c1-3-20-9-10-21-18(13-20)17(19-2)12-14-7-8-15-5-4-6-16(15)11-14/h7-8,11,17-19H,3-6,9-10,12-13H2,1-2H3.